The number of aryl methyl sites for hydroxylation is 1. The van der Waals surface area contributed by atoms with E-state index in [0.29, 0.717) is 18.4 Å². The van der Waals surface area contributed by atoms with Gasteiger partial charge in [0.2, 0.25) is 10.0 Å². The fourth-order valence-electron chi connectivity index (χ4n) is 2.17. The minimum Gasteiger partial charge on any atom is -0.328 e. The SMILES string of the molecule is Cc1cccc([N+](=O)[O-])c1S(=O)(=O)NC1CC(N)C1. The van der Waals surface area contributed by atoms with Crippen LogP contribution in [-0.2, 0) is 10.0 Å². The molecule has 0 saturated heterocycles. The highest BCUT2D eigenvalue weighted by atomic mass is 32.2. The maximum Gasteiger partial charge on any atom is 0.289 e. The van der Waals surface area contributed by atoms with Crippen LogP contribution in [0.3, 0.4) is 0 Å². The zero-order chi connectivity index (χ0) is 14.2. The van der Waals surface area contributed by atoms with Gasteiger partial charge in [-0.1, -0.05) is 12.1 Å². The monoisotopic (exact) mass is 285 g/mol. The summed E-state index contributed by atoms with van der Waals surface area (Å²) in [4.78, 5) is 9.99. The summed E-state index contributed by atoms with van der Waals surface area (Å²) in [5.41, 5.74) is 5.54. The number of hydrogen-bond donors (Lipinski definition) is 2. The number of rotatable bonds is 4. The van der Waals surface area contributed by atoms with Gasteiger partial charge in [-0.2, -0.15) is 0 Å². The molecule has 0 atom stereocenters. The molecular weight excluding hydrogens is 270 g/mol. The van der Waals surface area contributed by atoms with E-state index in [9.17, 15) is 18.5 Å². The third-order valence-corrected chi connectivity index (χ3v) is 4.87. The van der Waals surface area contributed by atoms with E-state index in [1.807, 2.05) is 0 Å². The van der Waals surface area contributed by atoms with E-state index >= 15 is 0 Å². The number of nitro benzene ring substituents is 1. The molecule has 1 saturated carbocycles. The molecule has 0 spiro atoms. The second-order valence-electron chi connectivity index (χ2n) is 4.73. The Balaban J connectivity index is 2.37. The highest BCUT2D eigenvalue weighted by Gasteiger charge is 2.34. The topological polar surface area (TPSA) is 115 Å². The molecule has 1 aliphatic rings. The van der Waals surface area contributed by atoms with Crippen molar-refractivity contribution in [1.29, 1.82) is 0 Å². The van der Waals surface area contributed by atoms with Crippen LogP contribution in [0, 0.1) is 17.0 Å². The highest BCUT2D eigenvalue weighted by molar-refractivity contribution is 7.89. The van der Waals surface area contributed by atoms with E-state index in [1.165, 1.54) is 25.1 Å². The number of hydrogen-bond acceptors (Lipinski definition) is 5. The van der Waals surface area contributed by atoms with Gasteiger partial charge in [-0.15, -0.1) is 0 Å². The van der Waals surface area contributed by atoms with E-state index in [0.717, 1.165) is 0 Å². The van der Waals surface area contributed by atoms with Crippen molar-refractivity contribution in [3.8, 4) is 0 Å². The quantitative estimate of drug-likeness (QED) is 0.623. The normalized spacial score (nSPS) is 22.8. The number of nitrogens with two attached hydrogens (primary N) is 1. The Bertz CT molecular complexity index is 608. The molecule has 104 valence electrons. The summed E-state index contributed by atoms with van der Waals surface area (Å²) in [5.74, 6) is 0. The van der Waals surface area contributed by atoms with Gasteiger partial charge >= 0.3 is 0 Å². The predicted octanol–water partition coefficient (Wildman–Crippen LogP) is 0.671. The molecule has 0 radical (unpaired) electrons. The Hall–Kier alpha value is -1.51. The highest BCUT2D eigenvalue weighted by Crippen LogP contribution is 2.28. The summed E-state index contributed by atoms with van der Waals surface area (Å²) in [6.45, 7) is 1.54. The lowest BCUT2D eigenvalue weighted by Gasteiger charge is -2.32. The lowest BCUT2D eigenvalue weighted by Crippen LogP contribution is -2.50. The van der Waals surface area contributed by atoms with E-state index in [2.05, 4.69) is 4.72 Å². The van der Waals surface area contributed by atoms with Gasteiger partial charge in [0.05, 0.1) is 4.92 Å². The molecule has 1 aromatic rings. The summed E-state index contributed by atoms with van der Waals surface area (Å²) in [7, 11) is -3.90. The fraction of sp³-hybridized carbons (Fsp3) is 0.455. The Morgan fingerprint density at radius 2 is 2.05 bits per heavy atom. The van der Waals surface area contributed by atoms with Crippen LogP contribution < -0.4 is 10.5 Å². The first-order valence-electron chi connectivity index (χ1n) is 5.83. The molecule has 8 heteroatoms. The van der Waals surface area contributed by atoms with Gasteiger partial charge in [-0.3, -0.25) is 10.1 Å². The minimum absolute atomic E-state index is 0.000411. The summed E-state index contributed by atoms with van der Waals surface area (Å²) >= 11 is 0. The van der Waals surface area contributed by atoms with Crippen LogP contribution in [0.25, 0.3) is 0 Å². The van der Waals surface area contributed by atoms with Gasteiger partial charge in [0, 0.05) is 18.2 Å². The summed E-state index contributed by atoms with van der Waals surface area (Å²) in [6, 6.07) is 3.95. The van der Waals surface area contributed by atoms with Gasteiger partial charge in [-0.05, 0) is 25.3 Å². The molecule has 1 fully saturated rings. The standard InChI is InChI=1S/C11H15N3O4S/c1-7-3-2-4-10(14(15)16)11(7)19(17,18)13-9-5-8(12)6-9/h2-4,8-9,13H,5-6,12H2,1H3. The van der Waals surface area contributed by atoms with Gasteiger partial charge in [0.1, 0.15) is 0 Å². The lowest BCUT2D eigenvalue weighted by molar-refractivity contribution is -0.387. The largest absolute Gasteiger partial charge is 0.328 e. The van der Waals surface area contributed by atoms with Gasteiger partial charge < -0.3 is 5.73 Å². The molecule has 0 unspecified atom stereocenters. The Morgan fingerprint density at radius 3 is 2.58 bits per heavy atom. The Morgan fingerprint density at radius 1 is 1.42 bits per heavy atom. The van der Waals surface area contributed by atoms with E-state index in [4.69, 9.17) is 5.73 Å². The van der Waals surface area contributed by atoms with Crippen molar-refractivity contribution >= 4 is 15.7 Å². The van der Waals surface area contributed by atoms with E-state index < -0.39 is 20.6 Å². The lowest BCUT2D eigenvalue weighted by atomic mass is 9.89. The molecule has 0 aromatic heterocycles. The smallest absolute Gasteiger partial charge is 0.289 e. The third kappa shape index (κ3) is 2.75. The van der Waals surface area contributed by atoms with Crippen molar-refractivity contribution in [2.24, 2.45) is 5.73 Å². The zero-order valence-corrected chi connectivity index (χ0v) is 11.2. The van der Waals surface area contributed by atoms with Crippen molar-refractivity contribution in [2.75, 3.05) is 0 Å². The fourth-order valence-corrected chi connectivity index (χ4v) is 3.83. The van der Waals surface area contributed by atoms with Crippen molar-refractivity contribution in [3.63, 3.8) is 0 Å². The zero-order valence-electron chi connectivity index (χ0n) is 10.4. The second-order valence-corrected chi connectivity index (χ2v) is 6.38. The van der Waals surface area contributed by atoms with Gasteiger partial charge in [0.15, 0.2) is 4.90 Å². The molecule has 0 amide bonds. The van der Waals surface area contributed by atoms with Gasteiger partial charge in [-0.25, -0.2) is 13.1 Å². The molecule has 0 bridgehead atoms. The van der Waals surface area contributed by atoms with Crippen LogP contribution in [-0.4, -0.2) is 25.4 Å². The Labute approximate surface area is 111 Å². The number of nitrogens with one attached hydrogen (secondary N) is 1. The van der Waals surface area contributed by atoms with E-state index in [1.54, 1.807) is 0 Å². The molecule has 0 heterocycles. The molecule has 1 aliphatic carbocycles. The summed E-state index contributed by atoms with van der Waals surface area (Å²) < 4.78 is 26.9. The minimum atomic E-state index is -3.90. The van der Waals surface area contributed by atoms with Crippen LogP contribution in [0.15, 0.2) is 23.1 Å². The van der Waals surface area contributed by atoms with Crippen molar-refractivity contribution in [1.82, 2.24) is 4.72 Å². The molecule has 7 nitrogen and oxygen atoms in total. The Kier molecular flexibility index (Phi) is 3.57. The predicted molar refractivity (Wildman–Crippen MR) is 69.2 cm³/mol. The number of sulfonamides is 1. The van der Waals surface area contributed by atoms with Crippen LogP contribution in [0.4, 0.5) is 5.69 Å². The molecule has 1 aromatic carbocycles. The number of benzene rings is 1. The summed E-state index contributed by atoms with van der Waals surface area (Å²) in [5, 5.41) is 10.9. The van der Waals surface area contributed by atoms with Crippen LogP contribution in [0.2, 0.25) is 0 Å². The molecule has 19 heavy (non-hydrogen) atoms. The van der Waals surface area contributed by atoms with Crippen molar-refractivity contribution in [3.05, 3.63) is 33.9 Å². The van der Waals surface area contributed by atoms with Crippen molar-refractivity contribution in [2.45, 2.75) is 36.7 Å². The summed E-state index contributed by atoms with van der Waals surface area (Å²) in [6.07, 6.45) is 1.11. The molecule has 2 rings (SSSR count). The van der Waals surface area contributed by atoms with Crippen LogP contribution in [0.5, 0.6) is 0 Å². The maximum absolute atomic E-state index is 12.2. The number of nitro groups is 1. The third-order valence-electron chi connectivity index (χ3n) is 3.15. The second kappa shape index (κ2) is 4.87. The average molecular weight is 285 g/mol. The average Bonchev–Trinajstić information content (AvgIpc) is 2.25. The van der Waals surface area contributed by atoms with Crippen LogP contribution >= 0.6 is 0 Å². The number of nitrogens with zero attached hydrogens (tertiary/aromatic N) is 1. The van der Waals surface area contributed by atoms with Gasteiger partial charge in [0.25, 0.3) is 5.69 Å². The first kappa shape index (κ1) is 13.9. The van der Waals surface area contributed by atoms with Crippen molar-refractivity contribution < 1.29 is 13.3 Å². The first-order chi connectivity index (χ1) is 8.81. The van der Waals surface area contributed by atoms with E-state index in [-0.39, 0.29) is 17.0 Å². The van der Waals surface area contributed by atoms with Crippen LogP contribution in [0.1, 0.15) is 18.4 Å². The molecular formula is C11H15N3O4S. The maximum atomic E-state index is 12.2. The first-order valence-corrected chi connectivity index (χ1v) is 7.31. The molecule has 0 aliphatic heterocycles. The molecule has 3 N–H and O–H groups in total.